The second kappa shape index (κ2) is 26.0. The monoisotopic (exact) mass is 475 g/mol. The van der Waals surface area contributed by atoms with Gasteiger partial charge in [-0.25, -0.2) is 0 Å². The molecule has 0 aliphatic rings. The summed E-state index contributed by atoms with van der Waals surface area (Å²) in [6, 6.07) is -0.622. The number of amides is 1. The van der Waals surface area contributed by atoms with Crippen molar-refractivity contribution in [3.63, 3.8) is 0 Å². The van der Waals surface area contributed by atoms with Crippen molar-refractivity contribution >= 4 is 5.91 Å². The van der Waals surface area contributed by atoms with Crippen LogP contribution in [0.1, 0.15) is 117 Å². The van der Waals surface area contributed by atoms with Crippen LogP contribution in [-0.2, 0) is 4.79 Å². The van der Waals surface area contributed by atoms with Gasteiger partial charge in [0.15, 0.2) is 0 Å². The van der Waals surface area contributed by atoms with Gasteiger partial charge in [-0.2, -0.15) is 0 Å². The molecule has 0 fully saturated rings. The van der Waals surface area contributed by atoms with Crippen molar-refractivity contribution in [2.45, 2.75) is 129 Å². The maximum absolute atomic E-state index is 12.1. The third-order valence-electron chi connectivity index (χ3n) is 5.82. The Labute approximate surface area is 210 Å². The third kappa shape index (κ3) is 22.2. The van der Waals surface area contributed by atoms with Gasteiger partial charge in [-0.1, -0.05) is 107 Å². The molecular formula is C30H53NO3. The smallest absolute Gasteiger partial charge is 0.220 e. The first kappa shape index (κ1) is 32.4. The fraction of sp³-hybridized carbons (Fsp3) is 0.700. The summed E-state index contributed by atoms with van der Waals surface area (Å²) in [4.78, 5) is 12.1. The largest absolute Gasteiger partial charge is 0.394 e. The molecule has 0 radical (unpaired) electrons. The first-order valence-corrected chi connectivity index (χ1v) is 13.9. The van der Waals surface area contributed by atoms with Crippen molar-refractivity contribution in [3.8, 4) is 0 Å². The fourth-order valence-corrected chi connectivity index (χ4v) is 3.66. The molecule has 34 heavy (non-hydrogen) atoms. The number of allylic oxidation sites excluding steroid dienone is 7. The topological polar surface area (TPSA) is 69.6 Å². The van der Waals surface area contributed by atoms with Crippen LogP contribution in [0.4, 0.5) is 0 Å². The van der Waals surface area contributed by atoms with Gasteiger partial charge in [0.25, 0.3) is 0 Å². The van der Waals surface area contributed by atoms with E-state index in [-0.39, 0.29) is 12.5 Å². The van der Waals surface area contributed by atoms with E-state index in [1.807, 2.05) is 6.08 Å². The Balaban J connectivity index is 3.65. The summed E-state index contributed by atoms with van der Waals surface area (Å²) in [7, 11) is 0. The molecule has 0 bridgehead atoms. The van der Waals surface area contributed by atoms with Crippen LogP contribution in [0.15, 0.2) is 48.6 Å². The van der Waals surface area contributed by atoms with Crippen LogP contribution in [0.25, 0.3) is 0 Å². The number of unbranched alkanes of at least 4 members (excludes halogenated alkanes) is 10. The number of aliphatic hydroxyl groups excluding tert-OH is 2. The Bertz CT molecular complexity index is 565. The maximum Gasteiger partial charge on any atom is 0.220 e. The molecule has 0 aliphatic heterocycles. The molecule has 0 spiro atoms. The zero-order valence-electron chi connectivity index (χ0n) is 22.1. The van der Waals surface area contributed by atoms with Crippen LogP contribution in [0.3, 0.4) is 0 Å². The summed E-state index contributed by atoms with van der Waals surface area (Å²) < 4.78 is 0. The zero-order chi connectivity index (χ0) is 25.1. The van der Waals surface area contributed by atoms with Crippen LogP contribution < -0.4 is 5.32 Å². The molecule has 2 unspecified atom stereocenters. The van der Waals surface area contributed by atoms with Crippen molar-refractivity contribution < 1.29 is 15.0 Å². The lowest BCUT2D eigenvalue weighted by atomic mass is 10.1. The molecule has 0 aromatic carbocycles. The number of carbonyl (C=O) groups is 1. The van der Waals surface area contributed by atoms with Gasteiger partial charge in [-0.3, -0.25) is 4.79 Å². The molecule has 0 aromatic rings. The van der Waals surface area contributed by atoms with E-state index in [9.17, 15) is 15.0 Å². The Morgan fingerprint density at radius 1 is 0.735 bits per heavy atom. The lowest BCUT2D eigenvalue weighted by Gasteiger charge is -2.20. The number of carbonyl (C=O) groups excluding carboxylic acids is 1. The molecule has 2 atom stereocenters. The lowest BCUT2D eigenvalue weighted by molar-refractivity contribution is -0.123. The first-order chi connectivity index (χ1) is 16.7. The van der Waals surface area contributed by atoms with Gasteiger partial charge in [0.1, 0.15) is 0 Å². The first-order valence-electron chi connectivity index (χ1n) is 13.9. The van der Waals surface area contributed by atoms with Crippen molar-refractivity contribution in [1.29, 1.82) is 0 Å². The Morgan fingerprint density at radius 3 is 1.94 bits per heavy atom. The van der Waals surface area contributed by atoms with E-state index < -0.39 is 12.1 Å². The highest BCUT2D eigenvalue weighted by Gasteiger charge is 2.17. The van der Waals surface area contributed by atoms with E-state index in [0.29, 0.717) is 6.42 Å². The Hall–Kier alpha value is -1.65. The van der Waals surface area contributed by atoms with Crippen LogP contribution in [0.2, 0.25) is 0 Å². The summed E-state index contributed by atoms with van der Waals surface area (Å²) in [6.45, 7) is 4.06. The lowest BCUT2D eigenvalue weighted by Crippen LogP contribution is -2.45. The minimum atomic E-state index is -0.838. The van der Waals surface area contributed by atoms with Crippen molar-refractivity contribution in [2.75, 3.05) is 6.61 Å². The second-order valence-electron chi connectivity index (χ2n) is 9.08. The van der Waals surface area contributed by atoms with Gasteiger partial charge in [0.2, 0.25) is 5.91 Å². The van der Waals surface area contributed by atoms with Gasteiger partial charge in [-0.15, -0.1) is 0 Å². The minimum absolute atomic E-state index is 0.0865. The zero-order valence-corrected chi connectivity index (χ0v) is 22.1. The van der Waals surface area contributed by atoms with Gasteiger partial charge < -0.3 is 15.5 Å². The minimum Gasteiger partial charge on any atom is -0.394 e. The maximum atomic E-state index is 12.1. The van der Waals surface area contributed by atoms with Crippen LogP contribution in [0.5, 0.6) is 0 Å². The van der Waals surface area contributed by atoms with Crippen molar-refractivity contribution in [2.24, 2.45) is 0 Å². The molecule has 0 heterocycles. The molecule has 0 saturated heterocycles. The SMILES string of the molecule is CC/C=C\C/C=C\C/C=C\CCCCCCCCCC(=O)NC(CO)C(O)/C=C/CCCCC. The predicted octanol–water partition coefficient (Wildman–Crippen LogP) is 7.33. The number of rotatable bonds is 23. The molecule has 0 saturated carbocycles. The van der Waals surface area contributed by atoms with E-state index in [0.717, 1.165) is 57.8 Å². The Morgan fingerprint density at radius 2 is 1.29 bits per heavy atom. The fourth-order valence-electron chi connectivity index (χ4n) is 3.66. The number of aliphatic hydroxyl groups is 2. The standard InChI is InChI=1S/C30H53NO3/c1-3-5-7-9-10-11-12-13-14-15-16-17-18-19-20-22-24-26-30(34)31-28(27-32)29(33)25-23-21-8-6-4-2/h5,7,10-11,13-14,23,25,28-29,32-33H,3-4,6,8-9,12,15-22,24,26-27H2,1-2H3,(H,31,34)/b7-5-,11-10-,14-13-,25-23+. The molecule has 0 aliphatic carbocycles. The van der Waals surface area contributed by atoms with Gasteiger partial charge in [-0.05, 0) is 51.4 Å². The van der Waals surface area contributed by atoms with E-state index in [1.54, 1.807) is 6.08 Å². The van der Waals surface area contributed by atoms with Crippen molar-refractivity contribution in [1.82, 2.24) is 5.32 Å². The molecule has 1 amide bonds. The third-order valence-corrected chi connectivity index (χ3v) is 5.82. The van der Waals surface area contributed by atoms with Crippen LogP contribution in [0, 0.1) is 0 Å². The highest BCUT2D eigenvalue weighted by Crippen LogP contribution is 2.10. The quantitative estimate of drug-likeness (QED) is 0.107. The van der Waals surface area contributed by atoms with Crippen molar-refractivity contribution in [3.05, 3.63) is 48.6 Å². The second-order valence-corrected chi connectivity index (χ2v) is 9.08. The molecular weight excluding hydrogens is 422 g/mol. The average Bonchev–Trinajstić information content (AvgIpc) is 2.84. The number of nitrogens with one attached hydrogen (secondary N) is 1. The summed E-state index contributed by atoms with van der Waals surface area (Å²) in [5.41, 5.74) is 0. The number of hydrogen-bond acceptors (Lipinski definition) is 3. The van der Waals surface area contributed by atoms with Crippen LogP contribution in [-0.4, -0.2) is 34.9 Å². The van der Waals surface area contributed by atoms with E-state index in [2.05, 4.69) is 55.6 Å². The summed E-state index contributed by atoms with van der Waals surface area (Å²) in [5.74, 6) is -0.0865. The van der Waals surface area contributed by atoms with Crippen LogP contribution >= 0.6 is 0 Å². The predicted molar refractivity (Wildman–Crippen MR) is 147 cm³/mol. The molecule has 0 aromatic heterocycles. The molecule has 4 nitrogen and oxygen atoms in total. The molecule has 196 valence electrons. The van der Waals surface area contributed by atoms with Gasteiger partial charge in [0, 0.05) is 6.42 Å². The number of hydrogen-bond donors (Lipinski definition) is 3. The van der Waals surface area contributed by atoms with E-state index in [1.165, 1.54) is 38.5 Å². The highest BCUT2D eigenvalue weighted by molar-refractivity contribution is 5.76. The summed E-state index contributed by atoms with van der Waals surface area (Å²) in [6.07, 6.45) is 33.4. The van der Waals surface area contributed by atoms with E-state index >= 15 is 0 Å². The van der Waals surface area contributed by atoms with E-state index in [4.69, 9.17) is 0 Å². The summed E-state index contributed by atoms with van der Waals surface area (Å²) >= 11 is 0. The molecule has 4 heteroatoms. The summed E-state index contributed by atoms with van der Waals surface area (Å²) in [5, 5.41) is 22.4. The van der Waals surface area contributed by atoms with Gasteiger partial charge in [0.05, 0.1) is 18.8 Å². The average molecular weight is 476 g/mol. The Kier molecular flexibility index (Phi) is 24.7. The highest BCUT2D eigenvalue weighted by atomic mass is 16.3. The normalized spacial score (nSPS) is 14.1. The molecule has 0 rings (SSSR count). The molecule has 3 N–H and O–H groups in total. The van der Waals surface area contributed by atoms with Gasteiger partial charge >= 0.3 is 0 Å².